The second-order valence-corrected chi connectivity index (χ2v) is 5.96. The van der Waals surface area contributed by atoms with Gasteiger partial charge in [-0.1, -0.05) is 18.9 Å². The van der Waals surface area contributed by atoms with Crippen molar-refractivity contribution in [1.82, 2.24) is 10.3 Å². The number of nitrogens with one attached hydrogen (secondary N) is 1. The van der Waals surface area contributed by atoms with Crippen LogP contribution in [0.1, 0.15) is 44.2 Å². The SMILES string of the molecule is CNCc1cccc(N2CCCC3CCCCC32)n1. The third-order valence-corrected chi connectivity index (χ3v) is 4.69. The maximum Gasteiger partial charge on any atom is 0.129 e. The van der Waals surface area contributed by atoms with Crippen molar-refractivity contribution in [3.63, 3.8) is 0 Å². The summed E-state index contributed by atoms with van der Waals surface area (Å²) in [6.07, 6.45) is 8.38. The molecule has 19 heavy (non-hydrogen) atoms. The van der Waals surface area contributed by atoms with Crippen LogP contribution in [0.2, 0.25) is 0 Å². The Kier molecular flexibility index (Phi) is 4.02. The summed E-state index contributed by atoms with van der Waals surface area (Å²) < 4.78 is 0. The van der Waals surface area contributed by atoms with Crippen LogP contribution < -0.4 is 10.2 Å². The molecule has 0 bridgehead atoms. The molecule has 0 amide bonds. The molecule has 0 spiro atoms. The van der Waals surface area contributed by atoms with Crippen LogP contribution in [0.5, 0.6) is 0 Å². The zero-order chi connectivity index (χ0) is 13.1. The van der Waals surface area contributed by atoms with Gasteiger partial charge in [-0.15, -0.1) is 0 Å². The highest BCUT2D eigenvalue weighted by Gasteiger charge is 2.33. The van der Waals surface area contributed by atoms with Crippen molar-refractivity contribution in [2.75, 3.05) is 18.5 Å². The van der Waals surface area contributed by atoms with Crippen molar-refractivity contribution in [3.05, 3.63) is 23.9 Å². The lowest BCUT2D eigenvalue weighted by molar-refractivity contribution is 0.242. The van der Waals surface area contributed by atoms with E-state index in [1.54, 1.807) is 0 Å². The van der Waals surface area contributed by atoms with Gasteiger partial charge in [0.2, 0.25) is 0 Å². The van der Waals surface area contributed by atoms with Gasteiger partial charge in [-0.2, -0.15) is 0 Å². The number of piperidine rings is 1. The van der Waals surface area contributed by atoms with Gasteiger partial charge in [-0.25, -0.2) is 4.98 Å². The number of anilines is 1. The first-order valence-corrected chi connectivity index (χ1v) is 7.75. The Balaban J connectivity index is 1.81. The Morgan fingerprint density at radius 2 is 2.05 bits per heavy atom. The van der Waals surface area contributed by atoms with Crippen molar-refractivity contribution >= 4 is 5.82 Å². The van der Waals surface area contributed by atoms with E-state index in [1.165, 1.54) is 50.9 Å². The lowest BCUT2D eigenvalue weighted by Crippen LogP contribution is -2.47. The van der Waals surface area contributed by atoms with Gasteiger partial charge in [-0.05, 0) is 50.8 Å². The van der Waals surface area contributed by atoms with E-state index in [9.17, 15) is 0 Å². The molecule has 0 radical (unpaired) electrons. The third-order valence-electron chi connectivity index (χ3n) is 4.69. The lowest BCUT2D eigenvalue weighted by atomic mass is 9.78. The maximum atomic E-state index is 4.84. The standard InChI is InChI=1S/C16H25N3/c1-17-12-14-8-4-10-16(18-14)19-11-5-7-13-6-2-3-9-15(13)19/h4,8,10,13,15,17H,2-3,5-7,9,11-12H2,1H3. The smallest absolute Gasteiger partial charge is 0.129 e. The molecule has 2 heterocycles. The molecule has 3 nitrogen and oxygen atoms in total. The number of fused-ring (bicyclic) bond motifs is 1. The van der Waals surface area contributed by atoms with E-state index in [-0.39, 0.29) is 0 Å². The molecule has 1 aliphatic heterocycles. The monoisotopic (exact) mass is 259 g/mol. The quantitative estimate of drug-likeness (QED) is 0.904. The van der Waals surface area contributed by atoms with Gasteiger partial charge in [0.05, 0.1) is 5.69 Å². The van der Waals surface area contributed by atoms with Crippen LogP contribution >= 0.6 is 0 Å². The number of hydrogen-bond donors (Lipinski definition) is 1. The molecule has 104 valence electrons. The van der Waals surface area contributed by atoms with Gasteiger partial charge in [0.25, 0.3) is 0 Å². The molecule has 1 aromatic rings. The Morgan fingerprint density at radius 3 is 2.95 bits per heavy atom. The van der Waals surface area contributed by atoms with Crippen LogP contribution in [-0.2, 0) is 6.54 Å². The van der Waals surface area contributed by atoms with E-state index in [2.05, 4.69) is 28.4 Å². The molecule has 2 fully saturated rings. The second kappa shape index (κ2) is 5.91. The Hall–Kier alpha value is -1.09. The van der Waals surface area contributed by atoms with Crippen molar-refractivity contribution in [2.45, 2.75) is 51.1 Å². The van der Waals surface area contributed by atoms with E-state index in [4.69, 9.17) is 4.98 Å². The van der Waals surface area contributed by atoms with Gasteiger partial charge < -0.3 is 10.2 Å². The molecule has 1 saturated carbocycles. The number of hydrogen-bond acceptors (Lipinski definition) is 3. The second-order valence-electron chi connectivity index (χ2n) is 5.96. The minimum absolute atomic E-state index is 0.750. The minimum Gasteiger partial charge on any atom is -0.353 e. The van der Waals surface area contributed by atoms with Crippen molar-refractivity contribution in [2.24, 2.45) is 5.92 Å². The van der Waals surface area contributed by atoms with E-state index in [1.807, 2.05) is 7.05 Å². The predicted octanol–water partition coefficient (Wildman–Crippen LogP) is 2.96. The average Bonchev–Trinajstić information content (AvgIpc) is 2.47. The molecule has 2 unspecified atom stereocenters. The highest BCUT2D eigenvalue weighted by atomic mass is 15.2. The Labute approximate surface area is 116 Å². The number of pyridine rings is 1. The van der Waals surface area contributed by atoms with Crippen molar-refractivity contribution in [1.29, 1.82) is 0 Å². The summed E-state index contributed by atoms with van der Waals surface area (Å²) in [5.74, 6) is 2.11. The van der Waals surface area contributed by atoms with Crippen LogP contribution in [-0.4, -0.2) is 24.6 Å². The topological polar surface area (TPSA) is 28.2 Å². The van der Waals surface area contributed by atoms with Crippen LogP contribution in [0, 0.1) is 5.92 Å². The first-order valence-electron chi connectivity index (χ1n) is 7.75. The van der Waals surface area contributed by atoms with Crippen LogP contribution in [0.25, 0.3) is 0 Å². The van der Waals surface area contributed by atoms with Gasteiger partial charge in [-0.3, -0.25) is 0 Å². The molecule has 1 aromatic heterocycles. The van der Waals surface area contributed by atoms with Crippen molar-refractivity contribution < 1.29 is 0 Å². The fourth-order valence-electron chi connectivity index (χ4n) is 3.82. The zero-order valence-corrected chi connectivity index (χ0v) is 11.9. The maximum absolute atomic E-state index is 4.84. The molecule has 2 aliphatic rings. The number of rotatable bonds is 3. The van der Waals surface area contributed by atoms with E-state index < -0.39 is 0 Å². The zero-order valence-electron chi connectivity index (χ0n) is 11.9. The summed E-state index contributed by atoms with van der Waals surface area (Å²) in [5.41, 5.74) is 1.15. The normalized spacial score (nSPS) is 27.1. The van der Waals surface area contributed by atoms with E-state index in [0.29, 0.717) is 0 Å². The molecule has 3 rings (SSSR count). The molecule has 1 N–H and O–H groups in total. The molecule has 3 heteroatoms. The van der Waals surface area contributed by atoms with Crippen LogP contribution in [0.3, 0.4) is 0 Å². The Bertz CT molecular complexity index is 416. The van der Waals surface area contributed by atoms with Gasteiger partial charge >= 0.3 is 0 Å². The third kappa shape index (κ3) is 2.76. The highest BCUT2D eigenvalue weighted by Crippen LogP contribution is 2.37. The number of nitrogens with zero attached hydrogens (tertiary/aromatic N) is 2. The minimum atomic E-state index is 0.750. The summed E-state index contributed by atoms with van der Waals surface area (Å²) >= 11 is 0. The molecular formula is C16H25N3. The molecular weight excluding hydrogens is 234 g/mol. The fourth-order valence-corrected chi connectivity index (χ4v) is 3.82. The van der Waals surface area contributed by atoms with Gasteiger partial charge in [0.1, 0.15) is 5.82 Å². The summed E-state index contributed by atoms with van der Waals surface area (Å²) in [5, 5.41) is 3.19. The predicted molar refractivity (Wildman–Crippen MR) is 79.3 cm³/mol. The fraction of sp³-hybridized carbons (Fsp3) is 0.688. The lowest BCUT2D eigenvalue weighted by Gasteiger charge is -2.44. The van der Waals surface area contributed by atoms with Gasteiger partial charge in [0.15, 0.2) is 0 Å². The molecule has 1 saturated heterocycles. The molecule has 1 aliphatic carbocycles. The summed E-state index contributed by atoms with van der Waals surface area (Å²) in [7, 11) is 1.98. The van der Waals surface area contributed by atoms with E-state index in [0.717, 1.165) is 24.2 Å². The number of aromatic nitrogens is 1. The molecule has 0 aromatic carbocycles. The summed E-state index contributed by atoms with van der Waals surface area (Å²) in [6.45, 7) is 2.05. The average molecular weight is 259 g/mol. The first kappa shape index (κ1) is 12.9. The molecule has 2 atom stereocenters. The van der Waals surface area contributed by atoms with Crippen LogP contribution in [0.4, 0.5) is 5.82 Å². The summed E-state index contributed by atoms with van der Waals surface area (Å²) in [4.78, 5) is 7.43. The first-order chi connectivity index (χ1) is 9.38. The van der Waals surface area contributed by atoms with Crippen molar-refractivity contribution in [3.8, 4) is 0 Å². The van der Waals surface area contributed by atoms with Gasteiger partial charge in [0, 0.05) is 19.1 Å². The van der Waals surface area contributed by atoms with Crippen LogP contribution in [0.15, 0.2) is 18.2 Å². The Morgan fingerprint density at radius 1 is 1.21 bits per heavy atom. The largest absolute Gasteiger partial charge is 0.353 e. The van der Waals surface area contributed by atoms with E-state index >= 15 is 0 Å². The summed E-state index contributed by atoms with van der Waals surface area (Å²) in [6, 6.07) is 7.21. The highest BCUT2D eigenvalue weighted by molar-refractivity contribution is 5.41.